The van der Waals surface area contributed by atoms with Crippen LogP contribution in [0.3, 0.4) is 0 Å². The van der Waals surface area contributed by atoms with Crippen LogP contribution in [0.4, 0.5) is 11.4 Å². The van der Waals surface area contributed by atoms with Gasteiger partial charge in [0, 0.05) is 12.2 Å². The highest BCUT2D eigenvalue weighted by Crippen LogP contribution is 2.31. The first-order valence-corrected chi connectivity index (χ1v) is 9.21. The van der Waals surface area contributed by atoms with E-state index >= 15 is 0 Å². The van der Waals surface area contributed by atoms with E-state index in [0.29, 0.717) is 12.1 Å². The second-order valence-corrected chi connectivity index (χ2v) is 7.35. The number of amides is 2. The average Bonchev–Trinajstić information content (AvgIpc) is 2.81. The Morgan fingerprint density at radius 3 is 2.36 bits per heavy atom. The van der Waals surface area contributed by atoms with E-state index in [1.165, 1.54) is 36.4 Å². The minimum atomic E-state index is -3.91. The zero-order valence-corrected chi connectivity index (χ0v) is 14.3. The molecule has 1 heterocycles. The summed E-state index contributed by atoms with van der Waals surface area (Å²) in [4.78, 5) is 26.0. The summed E-state index contributed by atoms with van der Waals surface area (Å²) in [6, 6.07) is 10.2. The molecule has 0 saturated carbocycles. The number of rotatable bonds is 5. The second kappa shape index (κ2) is 6.21. The number of hydrogen-bond donors (Lipinski definition) is 2. The van der Waals surface area contributed by atoms with E-state index in [4.69, 9.17) is 5.73 Å². The Hall–Kier alpha value is -2.87. The lowest BCUT2D eigenvalue weighted by Gasteiger charge is -2.13. The molecule has 2 aromatic rings. The molecule has 0 radical (unpaired) electrons. The third-order valence-corrected chi connectivity index (χ3v) is 5.26. The van der Waals surface area contributed by atoms with Gasteiger partial charge in [-0.1, -0.05) is 13.0 Å². The number of hydrogen-bond acceptors (Lipinski definition) is 5. The van der Waals surface area contributed by atoms with Crippen molar-refractivity contribution in [2.24, 2.45) is 0 Å². The fourth-order valence-corrected chi connectivity index (χ4v) is 3.77. The topological polar surface area (TPSA) is 110 Å². The summed E-state index contributed by atoms with van der Waals surface area (Å²) < 4.78 is 27.5. The number of carbonyl (C=O) groups is 2. The largest absolute Gasteiger partial charge is 0.399 e. The van der Waals surface area contributed by atoms with Crippen LogP contribution >= 0.6 is 0 Å². The summed E-state index contributed by atoms with van der Waals surface area (Å²) >= 11 is 0. The fraction of sp³-hybridized carbons (Fsp3) is 0.176. The molecule has 1 aliphatic heterocycles. The van der Waals surface area contributed by atoms with Crippen LogP contribution in [0.1, 0.15) is 34.1 Å². The molecule has 0 saturated heterocycles. The molecule has 0 atom stereocenters. The smallest absolute Gasteiger partial charge is 0.263 e. The van der Waals surface area contributed by atoms with Crippen molar-refractivity contribution in [3.05, 3.63) is 53.6 Å². The SMILES string of the molecule is CCCN1C(=O)c2cccc(NS(=O)(=O)c3ccc(N)cc3)c2C1=O. The molecule has 3 N–H and O–H groups in total. The van der Waals surface area contributed by atoms with Gasteiger partial charge in [0.05, 0.1) is 21.7 Å². The van der Waals surface area contributed by atoms with Crippen LogP contribution in [0, 0.1) is 0 Å². The van der Waals surface area contributed by atoms with Crippen molar-refractivity contribution in [2.75, 3.05) is 17.0 Å². The van der Waals surface area contributed by atoms with E-state index in [1.807, 2.05) is 6.92 Å². The van der Waals surface area contributed by atoms with Crippen LogP contribution in [0.5, 0.6) is 0 Å². The van der Waals surface area contributed by atoms with Crippen molar-refractivity contribution in [1.82, 2.24) is 4.90 Å². The van der Waals surface area contributed by atoms with Gasteiger partial charge in [0.1, 0.15) is 0 Å². The van der Waals surface area contributed by atoms with Crippen LogP contribution in [-0.2, 0) is 10.0 Å². The highest BCUT2D eigenvalue weighted by molar-refractivity contribution is 7.92. The quantitative estimate of drug-likeness (QED) is 0.627. The summed E-state index contributed by atoms with van der Waals surface area (Å²) in [6.07, 6.45) is 0.623. The Kier molecular flexibility index (Phi) is 4.22. The zero-order chi connectivity index (χ0) is 18.2. The molecule has 130 valence electrons. The van der Waals surface area contributed by atoms with Crippen molar-refractivity contribution in [3.63, 3.8) is 0 Å². The average molecular weight is 359 g/mol. The van der Waals surface area contributed by atoms with Gasteiger partial charge >= 0.3 is 0 Å². The maximum atomic E-state index is 12.5. The van der Waals surface area contributed by atoms with Crippen molar-refractivity contribution in [1.29, 1.82) is 0 Å². The van der Waals surface area contributed by atoms with E-state index in [1.54, 1.807) is 6.07 Å². The molecule has 2 aromatic carbocycles. The molecule has 3 rings (SSSR count). The molecule has 7 nitrogen and oxygen atoms in total. The van der Waals surface area contributed by atoms with E-state index in [9.17, 15) is 18.0 Å². The number of sulfonamides is 1. The van der Waals surface area contributed by atoms with Gasteiger partial charge in [-0.05, 0) is 42.8 Å². The summed E-state index contributed by atoms with van der Waals surface area (Å²) in [5, 5.41) is 0. The van der Waals surface area contributed by atoms with Gasteiger partial charge in [0.25, 0.3) is 21.8 Å². The Bertz CT molecular complexity index is 952. The molecule has 25 heavy (non-hydrogen) atoms. The number of carbonyl (C=O) groups excluding carboxylic acids is 2. The number of nitrogens with two attached hydrogens (primary N) is 1. The first-order chi connectivity index (χ1) is 11.8. The van der Waals surface area contributed by atoms with E-state index in [-0.39, 0.29) is 28.3 Å². The fourth-order valence-electron chi connectivity index (χ4n) is 2.70. The number of anilines is 2. The highest BCUT2D eigenvalue weighted by Gasteiger charge is 2.37. The lowest BCUT2D eigenvalue weighted by molar-refractivity contribution is 0.0654. The van der Waals surface area contributed by atoms with Gasteiger partial charge in [0.2, 0.25) is 0 Å². The van der Waals surface area contributed by atoms with Crippen LogP contribution in [0.2, 0.25) is 0 Å². The highest BCUT2D eigenvalue weighted by atomic mass is 32.2. The van der Waals surface area contributed by atoms with Gasteiger partial charge in [0.15, 0.2) is 0 Å². The summed E-state index contributed by atoms with van der Waals surface area (Å²) in [5.41, 5.74) is 6.39. The van der Waals surface area contributed by atoms with E-state index < -0.39 is 21.8 Å². The number of nitrogens with one attached hydrogen (secondary N) is 1. The van der Waals surface area contributed by atoms with Gasteiger partial charge in [-0.3, -0.25) is 19.2 Å². The van der Waals surface area contributed by atoms with Crippen LogP contribution < -0.4 is 10.5 Å². The monoisotopic (exact) mass is 359 g/mol. The second-order valence-electron chi connectivity index (χ2n) is 5.66. The van der Waals surface area contributed by atoms with E-state index in [2.05, 4.69) is 4.72 Å². The molecular weight excluding hydrogens is 342 g/mol. The molecule has 0 aliphatic carbocycles. The molecule has 8 heteroatoms. The van der Waals surface area contributed by atoms with Crippen molar-refractivity contribution in [3.8, 4) is 0 Å². The minimum absolute atomic E-state index is 0.0153. The lowest BCUT2D eigenvalue weighted by atomic mass is 10.1. The number of imide groups is 1. The summed E-state index contributed by atoms with van der Waals surface area (Å²) in [6.45, 7) is 2.14. The van der Waals surface area contributed by atoms with Gasteiger partial charge in [-0.2, -0.15) is 0 Å². The van der Waals surface area contributed by atoms with Gasteiger partial charge < -0.3 is 5.73 Å². The normalized spacial score (nSPS) is 13.9. The Labute approximate surface area is 145 Å². The molecular formula is C17H17N3O4S. The number of benzene rings is 2. The predicted octanol–water partition coefficient (Wildman–Crippen LogP) is 2.08. The predicted molar refractivity (Wildman–Crippen MR) is 93.8 cm³/mol. The van der Waals surface area contributed by atoms with Crippen LogP contribution in [0.15, 0.2) is 47.4 Å². The summed E-state index contributed by atoms with van der Waals surface area (Å²) in [7, 11) is -3.91. The molecule has 2 amide bonds. The summed E-state index contributed by atoms with van der Waals surface area (Å²) in [5.74, 6) is -0.896. The Balaban J connectivity index is 2.00. The number of nitrogen functional groups attached to an aromatic ring is 1. The number of nitrogens with zero attached hydrogens (tertiary/aromatic N) is 1. The Morgan fingerprint density at radius 1 is 1.04 bits per heavy atom. The maximum Gasteiger partial charge on any atom is 0.263 e. The molecule has 0 bridgehead atoms. The number of fused-ring (bicyclic) bond motifs is 1. The van der Waals surface area contributed by atoms with Crippen molar-refractivity contribution >= 4 is 33.2 Å². The molecule has 0 unspecified atom stereocenters. The molecule has 0 spiro atoms. The molecule has 0 aromatic heterocycles. The maximum absolute atomic E-state index is 12.5. The third kappa shape index (κ3) is 2.96. The zero-order valence-electron chi connectivity index (χ0n) is 13.5. The standard InChI is InChI=1S/C17H17N3O4S/c1-2-10-20-16(21)13-4-3-5-14(15(13)17(20)22)19-25(23,24)12-8-6-11(18)7-9-12/h3-9,19H,2,10,18H2,1H3. The Morgan fingerprint density at radius 2 is 1.72 bits per heavy atom. The van der Waals surface area contributed by atoms with Gasteiger partial charge in [-0.25, -0.2) is 8.42 Å². The van der Waals surface area contributed by atoms with Crippen LogP contribution in [-0.4, -0.2) is 31.7 Å². The van der Waals surface area contributed by atoms with Crippen molar-refractivity contribution < 1.29 is 18.0 Å². The van der Waals surface area contributed by atoms with E-state index in [0.717, 1.165) is 4.90 Å². The lowest BCUT2D eigenvalue weighted by Crippen LogP contribution is -2.30. The first kappa shape index (κ1) is 17.0. The minimum Gasteiger partial charge on any atom is -0.399 e. The molecule has 1 aliphatic rings. The van der Waals surface area contributed by atoms with Gasteiger partial charge in [-0.15, -0.1) is 0 Å². The van der Waals surface area contributed by atoms with Crippen molar-refractivity contribution in [2.45, 2.75) is 18.2 Å². The first-order valence-electron chi connectivity index (χ1n) is 7.72. The van der Waals surface area contributed by atoms with Crippen LogP contribution in [0.25, 0.3) is 0 Å². The molecule has 0 fully saturated rings. The third-order valence-electron chi connectivity index (χ3n) is 3.88.